The van der Waals surface area contributed by atoms with E-state index < -0.39 is 12.0 Å². The molecule has 0 fully saturated rings. The number of aliphatic carboxylic acids is 1. The maximum atomic E-state index is 11.6. The number of amides is 1. The standard InChI is InChI=1S/C13H17NO3/c1-3-11(13(16)17)14-12(15)8-10-6-4-5-9(2)7-10/h4-7,11H,3,8H2,1-2H3,(H,14,15)(H,16,17). The van der Waals surface area contributed by atoms with Gasteiger partial charge in [0.05, 0.1) is 6.42 Å². The Morgan fingerprint density at radius 1 is 1.41 bits per heavy atom. The van der Waals surface area contributed by atoms with E-state index in [1.807, 2.05) is 31.2 Å². The van der Waals surface area contributed by atoms with E-state index in [9.17, 15) is 9.59 Å². The number of benzene rings is 1. The van der Waals surface area contributed by atoms with Crippen LogP contribution in [-0.4, -0.2) is 23.0 Å². The fourth-order valence-corrected chi connectivity index (χ4v) is 1.59. The molecule has 0 bridgehead atoms. The van der Waals surface area contributed by atoms with E-state index in [-0.39, 0.29) is 12.3 Å². The fourth-order valence-electron chi connectivity index (χ4n) is 1.59. The lowest BCUT2D eigenvalue weighted by atomic mass is 10.1. The highest BCUT2D eigenvalue weighted by Crippen LogP contribution is 2.05. The second-order valence-electron chi connectivity index (χ2n) is 4.03. The van der Waals surface area contributed by atoms with Crippen molar-refractivity contribution in [2.75, 3.05) is 0 Å². The van der Waals surface area contributed by atoms with Crippen LogP contribution in [0.1, 0.15) is 24.5 Å². The Kier molecular flexibility index (Phi) is 4.69. The van der Waals surface area contributed by atoms with E-state index >= 15 is 0 Å². The van der Waals surface area contributed by atoms with Crippen molar-refractivity contribution in [1.82, 2.24) is 5.32 Å². The molecule has 17 heavy (non-hydrogen) atoms. The van der Waals surface area contributed by atoms with Gasteiger partial charge in [-0.1, -0.05) is 36.8 Å². The van der Waals surface area contributed by atoms with Gasteiger partial charge < -0.3 is 10.4 Å². The molecule has 0 aliphatic carbocycles. The Bertz CT molecular complexity index is 415. The summed E-state index contributed by atoms with van der Waals surface area (Å²) in [7, 11) is 0. The molecule has 1 rings (SSSR count). The fraction of sp³-hybridized carbons (Fsp3) is 0.385. The zero-order chi connectivity index (χ0) is 12.8. The van der Waals surface area contributed by atoms with Crippen molar-refractivity contribution < 1.29 is 14.7 Å². The van der Waals surface area contributed by atoms with Crippen LogP contribution in [-0.2, 0) is 16.0 Å². The van der Waals surface area contributed by atoms with Gasteiger partial charge in [-0.2, -0.15) is 0 Å². The molecule has 92 valence electrons. The van der Waals surface area contributed by atoms with Gasteiger partial charge in [-0.3, -0.25) is 4.79 Å². The number of nitrogens with one attached hydrogen (secondary N) is 1. The average molecular weight is 235 g/mol. The highest BCUT2D eigenvalue weighted by atomic mass is 16.4. The predicted octanol–water partition coefficient (Wildman–Crippen LogP) is 1.52. The van der Waals surface area contributed by atoms with Gasteiger partial charge in [0.2, 0.25) is 5.91 Å². The highest BCUT2D eigenvalue weighted by Gasteiger charge is 2.17. The van der Waals surface area contributed by atoms with E-state index in [1.165, 1.54) is 0 Å². The number of carboxylic acids is 1. The highest BCUT2D eigenvalue weighted by molar-refractivity contribution is 5.84. The molecule has 4 nitrogen and oxygen atoms in total. The van der Waals surface area contributed by atoms with Gasteiger partial charge in [-0.25, -0.2) is 4.79 Å². The van der Waals surface area contributed by atoms with Crippen LogP contribution in [0, 0.1) is 6.92 Å². The molecule has 0 heterocycles. The summed E-state index contributed by atoms with van der Waals surface area (Å²) in [5.41, 5.74) is 1.98. The number of aryl methyl sites for hydroxylation is 1. The molecule has 0 aliphatic heterocycles. The van der Waals surface area contributed by atoms with Crippen LogP contribution >= 0.6 is 0 Å². The molecule has 1 atom stereocenters. The van der Waals surface area contributed by atoms with Gasteiger partial charge in [-0.15, -0.1) is 0 Å². The lowest BCUT2D eigenvalue weighted by Gasteiger charge is -2.12. The molecular formula is C13H17NO3. The lowest BCUT2D eigenvalue weighted by Crippen LogP contribution is -2.40. The summed E-state index contributed by atoms with van der Waals surface area (Å²) < 4.78 is 0. The van der Waals surface area contributed by atoms with E-state index in [0.717, 1.165) is 11.1 Å². The van der Waals surface area contributed by atoms with Crippen LogP contribution in [0.15, 0.2) is 24.3 Å². The minimum absolute atomic E-state index is 0.214. The Balaban J connectivity index is 2.58. The lowest BCUT2D eigenvalue weighted by molar-refractivity contribution is -0.141. The molecule has 0 aromatic heterocycles. The summed E-state index contributed by atoms with van der Waals surface area (Å²) in [6.07, 6.45) is 0.598. The zero-order valence-corrected chi connectivity index (χ0v) is 10.1. The zero-order valence-electron chi connectivity index (χ0n) is 10.1. The normalized spacial score (nSPS) is 11.9. The Morgan fingerprint density at radius 3 is 2.65 bits per heavy atom. The van der Waals surface area contributed by atoms with Crippen molar-refractivity contribution in [3.05, 3.63) is 35.4 Å². The monoisotopic (exact) mass is 235 g/mol. The molecule has 0 spiro atoms. The summed E-state index contributed by atoms with van der Waals surface area (Å²) in [4.78, 5) is 22.4. The quantitative estimate of drug-likeness (QED) is 0.813. The minimum Gasteiger partial charge on any atom is -0.480 e. The summed E-state index contributed by atoms with van der Waals surface area (Å²) in [5, 5.41) is 11.3. The third kappa shape index (κ3) is 4.26. The molecule has 2 N–H and O–H groups in total. The van der Waals surface area contributed by atoms with Gasteiger partial charge in [0.25, 0.3) is 0 Å². The predicted molar refractivity (Wildman–Crippen MR) is 64.7 cm³/mol. The molecular weight excluding hydrogens is 218 g/mol. The Hall–Kier alpha value is -1.84. The maximum Gasteiger partial charge on any atom is 0.326 e. The van der Waals surface area contributed by atoms with Crippen molar-refractivity contribution in [2.45, 2.75) is 32.7 Å². The van der Waals surface area contributed by atoms with E-state index in [4.69, 9.17) is 5.11 Å². The number of hydrogen-bond donors (Lipinski definition) is 2. The second-order valence-corrected chi connectivity index (χ2v) is 4.03. The topological polar surface area (TPSA) is 66.4 Å². The Morgan fingerprint density at radius 2 is 2.12 bits per heavy atom. The van der Waals surface area contributed by atoms with Crippen molar-refractivity contribution >= 4 is 11.9 Å². The number of carbonyl (C=O) groups excluding carboxylic acids is 1. The first kappa shape index (κ1) is 13.2. The molecule has 0 radical (unpaired) electrons. The number of carboxylic acid groups (broad SMARTS) is 1. The third-order valence-corrected chi connectivity index (χ3v) is 2.49. The first-order chi connectivity index (χ1) is 8.02. The van der Waals surface area contributed by atoms with Gasteiger partial charge in [0.15, 0.2) is 0 Å². The van der Waals surface area contributed by atoms with Crippen molar-refractivity contribution in [3.8, 4) is 0 Å². The van der Waals surface area contributed by atoms with Crippen molar-refractivity contribution in [1.29, 1.82) is 0 Å². The molecule has 0 saturated carbocycles. The van der Waals surface area contributed by atoms with Crippen molar-refractivity contribution in [2.24, 2.45) is 0 Å². The molecule has 1 unspecified atom stereocenters. The van der Waals surface area contributed by atoms with Gasteiger partial charge in [0, 0.05) is 0 Å². The third-order valence-electron chi connectivity index (χ3n) is 2.49. The number of rotatable bonds is 5. The maximum absolute atomic E-state index is 11.6. The molecule has 1 amide bonds. The van der Waals surface area contributed by atoms with Crippen LogP contribution in [0.4, 0.5) is 0 Å². The van der Waals surface area contributed by atoms with E-state index in [2.05, 4.69) is 5.32 Å². The average Bonchev–Trinajstić information content (AvgIpc) is 2.25. The second kappa shape index (κ2) is 6.03. The molecule has 1 aromatic rings. The summed E-state index contributed by atoms with van der Waals surface area (Å²) >= 11 is 0. The number of carbonyl (C=O) groups is 2. The minimum atomic E-state index is -0.995. The Labute approximate surface area is 101 Å². The number of hydrogen-bond acceptors (Lipinski definition) is 2. The largest absolute Gasteiger partial charge is 0.480 e. The van der Waals surface area contributed by atoms with Gasteiger partial charge >= 0.3 is 5.97 Å². The molecule has 0 aliphatic rings. The van der Waals surface area contributed by atoms with Crippen molar-refractivity contribution in [3.63, 3.8) is 0 Å². The molecule has 4 heteroatoms. The van der Waals surface area contributed by atoms with E-state index in [0.29, 0.717) is 6.42 Å². The SMILES string of the molecule is CCC(NC(=O)Cc1cccc(C)c1)C(=O)O. The van der Waals surface area contributed by atoms with Crippen LogP contribution in [0.2, 0.25) is 0 Å². The summed E-state index contributed by atoms with van der Waals surface area (Å²) in [6.45, 7) is 3.68. The van der Waals surface area contributed by atoms with E-state index in [1.54, 1.807) is 6.92 Å². The first-order valence-corrected chi connectivity index (χ1v) is 5.60. The summed E-state index contributed by atoms with van der Waals surface area (Å²) in [5.74, 6) is -1.25. The van der Waals surface area contributed by atoms with Gasteiger partial charge in [-0.05, 0) is 18.9 Å². The molecule has 0 saturated heterocycles. The van der Waals surface area contributed by atoms with Crippen LogP contribution in [0.25, 0.3) is 0 Å². The molecule has 1 aromatic carbocycles. The van der Waals surface area contributed by atoms with Crippen LogP contribution < -0.4 is 5.32 Å². The van der Waals surface area contributed by atoms with Crippen LogP contribution in [0.3, 0.4) is 0 Å². The first-order valence-electron chi connectivity index (χ1n) is 5.60. The van der Waals surface area contributed by atoms with Crippen LogP contribution in [0.5, 0.6) is 0 Å². The van der Waals surface area contributed by atoms with Gasteiger partial charge in [0.1, 0.15) is 6.04 Å². The smallest absolute Gasteiger partial charge is 0.326 e. The summed E-state index contributed by atoms with van der Waals surface area (Å²) in [6, 6.07) is 6.81.